The fourth-order valence-corrected chi connectivity index (χ4v) is 43.4. The van der Waals surface area contributed by atoms with Crippen LogP contribution in [0.4, 0.5) is 0 Å². The van der Waals surface area contributed by atoms with Gasteiger partial charge in [-0.05, 0) is 342 Å². The highest BCUT2D eigenvalue weighted by Gasteiger charge is 2.71. The molecule has 22 aliphatic rings. The van der Waals surface area contributed by atoms with Crippen molar-refractivity contribution in [2.75, 3.05) is 0 Å². The van der Waals surface area contributed by atoms with Crippen LogP contribution in [0, 0.1) is 177 Å². The Kier molecular flexibility index (Phi) is 28.2. The lowest BCUT2D eigenvalue weighted by Gasteiger charge is -2.73. The molecule has 2 heterocycles. The van der Waals surface area contributed by atoms with Crippen LogP contribution in [0.1, 0.15) is 504 Å². The Hall–Kier alpha value is -0.0551. The van der Waals surface area contributed by atoms with Crippen LogP contribution in [0.3, 0.4) is 0 Å². The van der Waals surface area contributed by atoms with Crippen molar-refractivity contribution in [2.24, 2.45) is 177 Å². The maximum atomic E-state index is 4.19. The predicted octanol–water partition coefficient (Wildman–Crippen LogP) is 33.5. The normalized spacial score (nSPS) is 47.2. The van der Waals surface area contributed by atoms with E-state index in [1.165, 1.54) is 12.8 Å². The molecule has 22 fully saturated rings. The third-order valence-corrected chi connectivity index (χ3v) is 48.8. The van der Waals surface area contributed by atoms with E-state index in [4.69, 9.17) is 0 Å². The Balaban J connectivity index is 0.746. The Morgan fingerprint density at radius 1 is 0.194 bits per heavy atom. The predicted molar refractivity (Wildman–Crippen MR) is 526 cm³/mol. The SMILES string of the molecule is CC(C)(C)C1CC2CCC3CC(C(C)(C)C)CC4C(C5CCC6B7C8CCC(C9CCCCC9)CC8N(C8C(C9CCCCC9)CC(C9CCCCC9)CC8C8CCCCC8)C8CC(N(C9CCC(C%10CCCCC%10)CC9)C9CCC(C%10CCCCC%10)CC9)CC(C78)N(C7C(C8CCCCC8)CC(C8CCCCC8)CC7C7CCCCC7)C6C5)CC(C1)C2C34. The summed E-state index contributed by atoms with van der Waals surface area (Å²) in [5.74, 6) is 30.7. The summed E-state index contributed by atoms with van der Waals surface area (Å²) >= 11 is 0. The molecule has 23 atom stereocenters. The summed E-state index contributed by atoms with van der Waals surface area (Å²) in [7, 11) is 0. The van der Waals surface area contributed by atoms with Gasteiger partial charge in [0.05, 0.1) is 0 Å². The van der Waals surface area contributed by atoms with Crippen molar-refractivity contribution in [3.05, 3.63) is 0 Å². The molecular weight excluding hydrogens is 1490 g/mol. The standard InChI is InChI=1S/C120H202BN3/c1-119(2,3)97-66-92-52-53-93-67-98(120(4,5)6)76-107-102(73-96(68-97)114(92)115(93)107)91-59-65-109-111(75-91)124(118-105(88-48-30-14-31-49-88)71-95(83-42-24-11-25-43-83)72-106(118)89-50-32-15-33-51-89)113-78-101(122(99-60-54-84(55-61-99)79-34-16-7-17-35-79)100-62-56-85(57-63-100)80-36-18-8-19-37-80)77-112-116(113)121(109)108-64-58-90(81-38-20-9-21-39-81)74-110(108)123(112)117-103(86-44-26-12-27-45-86)69-94(82-40-22-10-23-41-82)70-104(117)87-46-28-13-29-47-87/h79-118H,7-78H2,1-6H3. The Labute approximate surface area is 768 Å². The molecule has 20 aliphatic carbocycles. The molecule has 0 amide bonds. The minimum atomic E-state index is 0.424. The summed E-state index contributed by atoms with van der Waals surface area (Å²) in [5, 5.41) is 0. The van der Waals surface area contributed by atoms with Gasteiger partial charge in [-0.2, -0.15) is 0 Å². The molecule has 3 nitrogen and oxygen atoms in total. The van der Waals surface area contributed by atoms with Gasteiger partial charge in [0.1, 0.15) is 0 Å². The number of nitrogens with zero attached hydrogens (tertiary/aromatic N) is 3. The van der Waals surface area contributed by atoms with E-state index < -0.39 is 0 Å². The van der Waals surface area contributed by atoms with Crippen LogP contribution in [-0.2, 0) is 0 Å². The van der Waals surface area contributed by atoms with E-state index in [1.807, 2.05) is 0 Å². The Morgan fingerprint density at radius 3 is 0.847 bits per heavy atom. The summed E-state index contributed by atoms with van der Waals surface area (Å²) in [4.78, 5) is 12.2. The molecule has 23 unspecified atom stereocenters. The van der Waals surface area contributed by atoms with Gasteiger partial charge >= 0.3 is 0 Å². The van der Waals surface area contributed by atoms with Crippen LogP contribution in [-0.4, -0.2) is 75.8 Å². The summed E-state index contributed by atoms with van der Waals surface area (Å²) in [6, 6.07) is 7.46. The molecule has 2 saturated heterocycles. The molecular formula is C120H202BN3. The van der Waals surface area contributed by atoms with Gasteiger partial charge in [0.2, 0.25) is 0 Å². The van der Waals surface area contributed by atoms with Crippen molar-refractivity contribution >= 4 is 6.71 Å². The minimum Gasteiger partial charge on any atom is -0.295 e. The average Bonchev–Trinajstić information content (AvgIpc) is 0.686. The fraction of sp³-hybridized carbons (Fsp3) is 1.00. The second kappa shape index (κ2) is 39.2. The van der Waals surface area contributed by atoms with Gasteiger partial charge in [-0.1, -0.05) is 356 Å². The lowest BCUT2D eigenvalue weighted by molar-refractivity contribution is -0.161. The van der Waals surface area contributed by atoms with Gasteiger partial charge < -0.3 is 0 Å². The highest BCUT2D eigenvalue weighted by molar-refractivity contribution is 6.65. The van der Waals surface area contributed by atoms with Crippen LogP contribution < -0.4 is 0 Å². The number of fused-ring (bicyclic) bond motifs is 4. The van der Waals surface area contributed by atoms with E-state index in [1.54, 1.807) is 449 Å². The fourth-order valence-electron chi connectivity index (χ4n) is 43.4. The second-order valence-electron chi connectivity index (χ2n) is 55.8. The van der Waals surface area contributed by atoms with Crippen LogP contribution in [0.25, 0.3) is 0 Å². The van der Waals surface area contributed by atoms with E-state index in [9.17, 15) is 0 Å². The largest absolute Gasteiger partial charge is 0.295 e. The summed E-state index contributed by atoms with van der Waals surface area (Å²) < 4.78 is 0. The summed E-state index contributed by atoms with van der Waals surface area (Å²) in [5.41, 5.74) is 0.862. The van der Waals surface area contributed by atoms with Gasteiger partial charge in [0.25, 0.3) is 0 Å². The van der Waals surface area contributed by atoms with Crippen LogP contribution in [0.5, 0.6) is 0 Å². The van der Waals surface area contributed by atoms with Gasteiger partial charge in [0.15, 0.2) is 6.71 Å². The molecule has 124 heavy (non-hydrogen) atoms. The van der Waals surface area contributed by atoms with Crippen molar-refractivity contribution < 1.29 is 0 Å². The molecule has 0 aromatic carbocycles. The van der Waals surface area contributed by atoms with E-state index in [2.05, 4.69) is 56.2 Å². The van der Waals surface area contributed by atoms with Crippen molar-refractivity contribution in [1.29, 1.82) is 0 Å². The zero-order valence-corrected chi connectivity index (χ0v) is 82.9. The second-order valence-corrected chi connectivity index (χ2v) is 55.8. The molecule has 0 radical (unpaired) electrons. The van der Waals surface area contributed by atoms with Crippen molar-refractivity contribution in [3.63, 3.8) is 0 Å². The van der Waals surface area contributed by atoms with Crippen molar-refractivity contribution in [2.45, 2.75) is 576 Å². The number of hydrogen-bond donors (Lipinski definition) is 0. The van der Waals surface area contributed by atoms with E-state index in [0.29, 0.717) is 10.8 Å². The topological polar surface area (TPSA) is 9.72 Å². The molecule has 0 N–H and O–H groups in total. The smallest absolute Gasteiger partial charge is 0.156 e. The van der Waals surface area contributed by atoms with Crippen molar-refractivity contribution in [3.8, 4) is 0 Å². The third-order valence-electron chi connectivity index (χ3n) is 48.8. The third kappa shape index (κ3) is 18.0. The first-order valence-electron chi connectivity index (χ1n) is 60.1. The van der Waals surface area contributed by atoms with E-state index in [0.717, 1.165) is 244 Å². The molecule has 0 bridgehead atoms. The monoisotopic (exact) mass is 1700 g/mol. The van der Waals surface area contributed by atoms with E-state index >= 15 is 0 Å². The molecule has 0 aromatic rings. The quantitative estimate of drug-likeness (QED) is 0.151. The lowest BCUT2D eigenvalue weighted by Crippen LogP contribution is -2.78. The van der Waals surface area contributed by atoms with E-state index in [-0.39, 0.29) is 0 Å². The first-order chi connectivity index (χ1) is 60.8. The molecule has 22 rings (SSSR count). The first-order valence-corrected chi connectivity index (χ1v) is 60.1. The van der Waals surface area contributed by atoms with Gasteiger partial charge in [-0.15, -0.1) is 0 Å². The average molecular weight is 1700 g/mol. The molecule has 700 valence electrons. The molecule has 0 spiro atoms. The number of hydrogen-bond acceptors (Lipinski definition) is 3. The molecule has 4 heteroatoms. The Morgan fingerprint density at radius 2 is 0.476 bits per heavy atom. The lowest BCUT2D eigenvalue weighted by atomic mass is 9.18. The van der Waals surface area contributed by atoms with Crippen LogP contribution >= 0.6 is 0 Å². The Bertz CT molecular complexity index is 3200. The van der Waals surface area contributed by atoms with Crippen LogP contribution in [0.15, 0.2) is 0 Å². The molecule has 20 saturated carbocycles. The maximum absolute atomic E-state index is 4.19. The zero-order chi connectivity index (χ0) is 83.3. The maximum Gasteiger partial charge on any atom is 0.156 e. The number of rotatable bonds is 15. The van der Waals surface area contributed by atoms with Gasteiger partial charge in [0, 0.05) is 54.4 Å². The molecule has 0 aromatic heterocycles. The zero-order valence-electron chi connectivity index (χ0n) is 82.9. The highest BCUT2D eigenvalue weighted by Crippen LogP contribution is 2.72. The van der Waals surface area contributed by atoms with Gasteiger partial charge in [-0.3, -0.25) is 14.7 Å². The van der Waals surface area contributed by atoms with Crippen LogP contribution in [0.2, 0.25) is 17.5 Å². The van der Waals surface area contributed by atoms with Crippen molar-refractivity contribution in [1.82, 2.24) is 14.7 Å². The summed E-state index contributed by atoms with van der Waals surface area (Å²) in [6.45, 7) is 17.5. The highest BCUT2D eigenvalue weighted by atomic mass is 15.3. The van der Waals surface area contributed by atoms with Gasteiger partial charge in [-0.25, -0.2) is 0 Å². The summed E-state index contributed by atoms with van der Waals surface area (Å²) in [6.07, 6.45) is 114. The first kappa shape index (κ1) is 89.2. The minimum absolute atomic E-state index is 0.424. The molecule has 2 aliphatic heterocycles.